The molecule has 0 saturated heterocycles. The summed E-state index contributed by atoms with van der Waals surface area (Å²) in [6, 6.07) is 16.9. The fourth-order valence-electron chi connectivity index (χ4n) is 3.41. The lowest BCUT2D eigenvalue weighted by molar-refractivity contribution is -0.119. The Kier molecular flexibility index (Phi) is 7.14. The van der Waals surface area contributed by atoms with Crippen LogP contribution in [-0.2, 0) is 11.2 Å². The molecule has 1 aliphatic carbocycles. The molecule has 2 amide bonds. The third-order valence-corrected chi connectivity index (χ3v) is 5.02. The van der Waals surface area contributed by atoms with Crippen molar-refractivity contribution in [3.05, 3.63) is 65.7 Å². The summed E-state index contributed by atoms with van der Waals surface area (Å²) < 4.78 is 0. The molecule has 1 fully saturated rings. The Morgan fingerprint density at radius 2 is 1.61 bits per heavy atom. The summed E-state index contributed by atoms with van der Waals surface area (Å²) in [5, 5.41) is 8.95. The van der Waals surface area contributed by atoms with Crippen molar-refractivity contribution in [3.8, 4) is 0 Å². The van der Waals surface area contributed by atoms with Gasteiger partial charge < -0.3 is 16.0 Å². The van der Waals surface area contributed by atoms with Crippen LogP contribution < -0.4 is 16.0 Å². The second-order valence-corrected chi connectivity index (χ2v) is 7.43. The van der Waals surface area contributed by atoms with Crippen LogP contribution in [0.15, 0.2) is 54.6 Å². The average Bonchev–Trinajstić information content (AvgIpc) is 2.69. The zero-order valence-corrected chi connectivity index (χ0v) is 16.6. The molecule has 2 aromatic carbocycles. The van der Waals surface area contributed by atoms with E-state index in [2.05, 4.69) is 16.0 Å². The monoisotopic (exact) mass is 395 g/mol. The number of para-hydroxylation sites is 1. The average molecular weight is 396 g/mol. The van der Waals surface area contributed by atoms with E-state index in [0.717, 1.165) is 31.2 Å². The van der Waals surface area contributed by atoms with E-state index in [1.54, 1.807) is 12.1 Å². The van der Waals surface area contributed by atoms with Crippen LogP contribution in [0.5, 0.6) is 0 Å². The molecule has 0 bridgehead atoms. The molecule has 3 rings (SSSR count). The Morgan fingerprint density at radius 3 is 2.36 bits per heavy atom. The van der Waals surface area contributed by atoms with Gasteiger partial charge in [-0.3, -0.25) is 9.59 Å². The standard InChI is InChI=1S/C22H25N3O2S/c26-20(15-16-9-3-1-4-10-16)25-22(28)24-19-14-8-7-13-18(19)21(27)23-17-11-5-2-6-12-17/h1,3-4,7-10,13-14,17H,2,5-6,11-12,15H2,(H,23,27)(H2,24,25,26,28). The van der Waals surface area contributed by atoms with Crippen molar-refractivity contribution >= 4 is 34.8 Å². The van der Waals surface area contributed by atoms with E-state index in [0.29, 0.717) is 11.3 Å². The van der Waals surface area contributed by atoms with Crippen LogP contribution in [0.3, 0.4) is 0 Å². The van der Waals surface area contributed by atoms with Crippen LogP contribution in [-0.4, -0.2) is 23.0 Å². The minimum Gasteiger partial charge on any atom is -0.349 e. The van der Waals surface area contributed by atoms with Crippen LogP contribution in [0.25, 0.3) is 0 Å². The maximum atomic E-state index is 12.7. The van der Waals surface area contributed by atoms with Crippen molar-refractivity contribution in [1.82, 2.24) is 10.6 Å². The van der Waals surface area contributed by atoms with Crippen LogP contribution >= 0.6 is 12.2 Å². The molecule has 1 saturated carbocycles. The molecule has 5 nitrogen and oxygen atoms in total. The second kappa shape index (κ2) is 9.99. The van der Waals surface area contributed by atoms with Crippen LogP contribution in [0.2, 0.25) is 0 Å². The van der Waals surface area contributed by atoms with Crippen LogP contribution in [0.4, 0.5) is 5.69 Å². The summed E-state index contributed by atoms with van der Waals surface area (Å²) >= 11 is 5.26. The molecule has 0 spiro atoms. The summed E-state index contributed by atoms with van der Waals surface area (Å²) in [6.45, 7) is 0. The Balaban J connectivity index is 1.58. The highest BCUT2D eigenvalue weighted by Crippen LogP contribution is 2.20. The van der Waals surface area contributed by atoms with E-state index >= 15 is 0 Å². The van der Waals surface area contributed by atoms with Gasteiger partial charge in [0.2, 0.25) is 5.91 Å². The normalized spacial score (nSPS) is 14.1. The second-order valence-electron chi connectivity index (χ2n) is 7.02. The van der Waals surface area contributed by atoms with Gasteiger partial charge in [-0.05, 0) is 42.8 Å². The smallest absolute Gasteiger partial charge is 0.253 e. The molecule has 0 aromatic heterocycles. The summed E-state index contributed by atoms with van der Waals surface area (Å²) in [6.07, 6.45) is 5.84. The third-order valence-electron chi connectivity index (χ3n) is 4.82. The van der Waals surface area contributed by atoms with Crippen molar-refractivity contribution in [1.29, 1.82) is 0 Å². The topological polar surface area (TPSA) is 70.2 Å². The lowest BCUT2D eigenvalue weighted by Crippen LogP contribution is -2.38. The zero-order valence-electron chi connectivity index (χ0n) is 15.7. The Labute approximate surface area is 170 Å². The van der Waals surface area contributed by atoms with Crippen LogP contribution in [0.1, 0.15) is 48.0 Å². The maximum absolute atomic E-state index is 12.7. The first-order valence-electron chi connectivity index (χ1n) is 9.66. The largest absolute Gasteiger partial charge is 0.349 e. The molecule has 146 valence electrons. The number of benzene rings is 2. The van der Waals surface area contributed by atoms with E-state index < -0.39 is 0 Å². The fourth-order valence-corrected chi connectivity index (χ4v) is 3.63. The van der Waals surface area contributed by atoms with E-state index in [1.807, 2.05) is 42.5 Å². The fraction of sp³-hybridized carbons (Fsp3) is 0.318. The quantitative estimate of drug-likeness (QED) is 0.674. The predicted molar refractivity (Wildman–Crippen MR) is 115 cm³/mol. The van der Waals surface area contributed by atoms with Gasteiger partial charge in [0.15, 0.2) is 5.11 Å². The molecule has 3 N–H and O–H groups in total. The van der Waals surface area contributed by atoms with Gasteiger partial charge in [-0.2, -0.15) is 0 Å². The number of hydrogen-bond donors (Lipinski definition) is 3. The summed E-state index contributed by atoms with van der Waals surface area (Å²) in [4.78, 5) is 24.9. The number of rotatable bonds is 5. The molecule has 0 aliphatic heterocycles. The first-order chi connectivity index (χ1) is 13.6. The SMILES string of the molecule is O=C(Cc1ccccc1)NC(=S)Nc1ccccc1C(=O)NC1CCCCC1. The van der Waals surface area contributed by atoms with Crippen molar-refractivity contribution in [3.63, 3.8) is 0 Å². The molecular weight excluding hydrogens is 370 g/mol. The minimum atomic E-state index is -0.201. The van der Waals surface area contributed by atoms with Crippen molar-refractivity contribution in [2.45, 2.75) is 44.6 Å². The first kappa shape index (κ1) is 20.0. The summed E-state index contributed by atoms with van der Waals surface area (Å²) in [5.41, 5.74) is 2.02. The van der Waals surface area contributed by atoms with Crippen molar-refractivity contribution in [2.24, 2.45) is 0 Å². The predicted octanol–water partition coefficient (Wildman–Crippen LogP) is 3.80. The Bertz CT molecular complexity index is 833. The van der Waals surface area contributed by atoms with Crippen LogP contribution in [0, 0.1) is 0 Å². The van der Waals surface area contributed by atoms with Crippen molar-refractivity contribution < 1.29 is 9.59 Å². The Hall–Kier alpha value is -2.73. The highest BCUT2D eigenvalue weighted by atomic mass is 32.1. The molecule has 0 unspecified atom stereocenters. The molecule has 1 aliphatic rings. The van der Waals surface area contributed by atoms with Gasteiger partial charge >= 0.3 is 0 Å². The molecule has 0 radical (unpaired) electrons. The number of amides is 2. The first-order valence-corrected chi connectivity index (χ1v) is 10.1. The van der Waals surface area contributed by atoms with Gasteiger partial charge in [0.1, 0.15) is 0 Å². The summed E-state index contributed by atoms with van der Waals surface area (Å²) in [7, 11) is 0. The molecular formula is C22H25N3O2S. The number of thiocarbonyl (C=S) groups is 1. The van der Waals surface area contributed by atoms with E-state index in [-0.39, 0.29) is 29.4 Å². The number of nitrogens with one attached hydrogen (secondary N) is 3. The highest BCUT2D eigenvalue weighted by Gasteiger charge is 2.19. The molecule has 28 heavy (non-hydrogen) atoms. The molecule has 2 aromatic rings. The van der Waals surface area contributed by atoms with Gasteiger partial charge in [0.05, 0.1) is 17.7 Å². The maximum Gasteiger partial charge on any atom is 0.253 e. The number of carbonyl (C=O) groups excluding carboxylic acids is 2. The molecule has 0 atom stereocenters. The number of carbonyl (C=O) groups is 2. The van der Waals surface area contributed by atoms with Gasteiger partial charge in [0.25, 0.3) is 5.91 Å². The highest BCUT2D eigenvalue weighted by molar-refractivity contribution is 7.80. The molecule has 0 heterocycles. The number of hydrogen-bond acceptors (Lipinski definition) is 3. The van der Waals surface area contributed by atoms with Gasteiger partial charge in [-0.15, -0.1) is 0 Å². The van der Waals surface area contributed by atoms with E-state index in [9.17, 15) is 9.59 Å². The molecule has 6 heteroatoms. The third kappa shape index (κ3) is 5.89. The van der Waals surface area contributed by atoms with Gasteiger partial charge in [-0.25, -0.2) is 0 Å². The van der Waals surface area contributed by atoms with Gasteiger partial charge in [0, 0.05) is 6.04 Å². The van der Waals surface area contributed by atoms with Gasteiger partial charge in [-0.1, -0.05) is 61.7 Å². The van der Waals surface area contributed by atoms with E-state index in [4.69, 9.17) is 12.2 Å². The lowest BCUT2D eigenvalue weighted by atomic mass is 9.95. The van der Waals surface area contributed by atoms with Crippen molar-refractivity contribution in [2.75, 3.05) is 5.32 Å². The zero-order chi connectivity index (χ0) is 19.8. The minimum absolute atomic E-state index is 0.117. The summed E-state index contributed by atoms with van der Waals surface area (Å²) in [5.74, 6) is -0.318. The number of anilines is 1. The lowest BCUT2D eigenvalue weighted by Gasteiger charge is -2.23. The Morgan fingerprint density at radius 1 is 0.929 bits per heavy atom. The van der Waals surface area contributed by atoms with E-state index in [1.165, 1.54) is 6.42 Å².